The minimum absolute atomic E-state index is 0.0616. The van der Waals surface area contributed by atoms with E-state index in [2.05, 4.69) is 20.6 Å². The molecule has 1 amide bonds. The van der Waals surface area contributed by atoms with E-state index in [-0.39, 0.29) is 16.7 Å². The predicted octanol–water partition coefficient (Wildman–Crippen LogP) is 3.81. The first-order valence-corrected chi connectivity index (χ1v) is 7.55. The van der Waals surface area contributed by atoms with Gasteiger partial charge in [0.25, 0.3) is 5.69 Å². The van der Waals surface area contributed by atoms with Gasteiger partial charge in [0.05, 0.1) is 27.3 Å². The van der Waals surface area contributed by atoms with Gasteiger partial charge in [-0.3, -0.25) is 14.9 Å². The third-order valence-electron chi connectivity index (χ3n) is 3.46. The summed E-state index contributed by atoms with van der Waals surface area (Å²) < 4.78 is 0. The van der Waals surface area contributed by atoms with Gasteiger partial charge in [0, 0.05) is 12.1 Å². The number of non-ortho nitro benzene ring substituents is 1. The van der Waals surface area contributed by atoms with Crippen molar-refractivity contribution in [3.8, 4) is 0 Å². The Labute approximate surface area is 147 Å². The number of nitrogens with zero attached hydrogens (tertiary/aromatic N) is 3. The zero-order valence-electron chi connectivity index (χ0n) is 13.0. The van der Waals surface area contributed by atoms with Crippen LogP contribution >= 0.6 is 11.6 Å². The third kappa shape index (κ3) is 3.48. The van der Waals surface area contributed by atoms with Gasteiger partial charge in [0.2, 0.25) is 6.41 Å². The number of carbonyl (C=O) groups excluding carboxylic acids is 1. The fourth-order valence-corrected chi connectivity index (χ4v) is 2.47. The normalized spacial score (nSPS) is 10.5. The highest BCUT2D eigenvalue weighted by atomic mass is 35.5. The lowest BCUT2D eigenvalue weighted by Gasteiger charge is -2.13. The molecule has 0 atom stereocenters. The van der Waals surface area contributed by atoms with Crippen molar-refractivity contribution in [3.63, 3.8) is 0 Å². The van der Waals surface area contributed by atoms with Crippen LogP contribution in [-0.4, -0.2) is 21.3 Å². The number of halogens is 1. The Morgan fingerprint density at radius 2 is 1.92 bits per heavy atom. The number of carbonyl (C=O) groups is 1. The molecule has 126 valence electrons. The summed E-state index contributed by atoms with van der Waals surface area (Å²) >= 11 is 6.16. The molecular weight excluding hydrogens is 346 g/mol. The van der Waals surface area contributed by atoms with Crippen LogP contribution in [0.3, 0.4) is 0 Å². The van der Waals surface area contributed by atoms with E-state index in [1.807, 2.05) is 19.1 Å². The van der Waals surface area contributed by atoms with Gasteiger partial charge in [-0.15, -0.1) is 0 Å². The first kappa shape index (κ1) is 16.6. The molecule has 0 radical (unpaired) electrons. The van der Waals surface area contributed by atoms with Crippen LogP contribution in [0, 0.1) is 17.0 Å². The largest absolute Gasteiger partial charge is 0.336 e. The van der Waals surface area contributed by atoms with E-state index >= 15 is 0 Å². The maximum Gasteiger partial charge on any atom is 0.271 e. The predicted molar refractivity (Wildman–Crippen MR) is 95.4 cm³/mol. The monoisotopic (exact) mass is 357 g/mol. The molecule has 0 bridgehead atoms. The molecule has 25 heavy (non-hydrogen) atoms. The fourth-order valence-electron chi connectivity index (χ4n) is 2.29. The van der Waals surface area contributed by atoms with Gasteiger partial charge in [0.15, 0.2) is 11.0 Å². The van der Waals surface area contributed by atoms with Gasteiger partial charge in [-0.25, -0.2) is 9.97 Å². The highest BCUT2D eigenvalue weighted by Gasteiger charge is 2.13. The zero-order chi connectivity index (χ0) is 18.0. The summed E-state index contributed by atoms with van der Waals surface area (Å²) in [5.41, 5.74) is 2.82. The summed E-state index contributed by atoms with van der Waals surface area (Å²) in [6.45, 7) is 1.91. The minimum atomic E-state index is -0.509. The van der Waals surface area contributed by atoms with Crippen LogP contribution in [0.4, 0.5) is 22.9 Å². The Morgan fingerprint density at radius 1 is 1.12 bits per heavy atom. The van der Waals surface area contributed by atoms with E-state index < -0.39 is 4.92 Å². The third-order valence-corrected chi connectivity index (χ3v) is 3.72. The molecule has 0 saturated carbocycles. The number of nitro groups is 1. The standard InChI is InChI=1S/C16H12ClN5O3/c1-9-2-4-11(18-8-23)13(6-9)21-16-15(17)19-14-7-10(22(24)25)3-5-12(14)20-16/h2-8H,1H3,(H,18,23)(H,20,21). The molecule has 2 N–H and O–H groups in total. The number of nitrogens with one attached hydrogen (secondary N) is 2. The number of anilines is 3. The Kier molecular flexibility index (Phi) is 4.44. The van der Waals surface area contributed by atoms with Crippen molar-refractivity contribution in [2.75, 3.05) is 10.6 Å². The second-order valence-electron chi connectivity index (χ2n) is 5.23. The van der Waals surface area contributed by atoms with Crippen molar-refractivity contribution in [1.82, 2.24) is 9.97 Å². The number of aromatic nitrogens is 2. The lowest BCUT2D eigenvalue weighted by molar-refractivity contribution is -0.384. The smallest absolute Gasteiger partial charge is 0.271 e. The van der Waals surface area contributed by atoms with Crippen LogP contribution < -0.4 is 10.6 Å². The number of hydrogen-bond donors (Lipinski definition) is 2. The Morgan fingerprint density at radius 3 is 2.64 bits per heavy atom. The maximum atomic E-state index is 10.8. The lowest BCUT2D eigenvalue weighted by atomic mass is 10.2. The highest BCUT2D eigenvalue weighted by Crippen LogP contribution is 2.30. The van der Waals surface area contributed by atoms with Crippen molar-refractivity contribution in [2.24, 2.45) is 0 Å². The topological polar surface area (TPSA) is 110 Å². The summed E-state index contributed by atoms with van der Waals surface area (Å²) in [5, 5.41) is 16.5. The van der Waals surface area contributed by atoms with Crippen LogP contribution in [0.1, 0.15) is 5.56 Å². The molecule has 0 unspecified atom stereocenters. The molecule has 8 nitrogen and oxygen atoms in total. The van der Waals surface area contributed by atoms with Crippen LogP contribution in [0.5, 0.6) is 0 Å². The second-order valence-corrected chi connectivity index (χ2v) is 5.59. The quantitative estimate of drug-likeness (QED) is 0.408. The second kappa shape index (κ2) is 6.70. The first-order chi connectivity index (χ1) is 12.0. The van der Waals surface area contributed by atoms with Crippen LogP contribution in [-0.2, 0) is 4.79 Å². The molecule has 0 aliphatic heterocycles. The number of rotatable bonds is 5. The molecule has 2 aromatic carbocycles. The summed E-state index contributed by atoms with van der Waals surface area (Å²) in [6.07, 6.45) is 0.572. The van der Waals surface area contributed by atoms with Gasteiger partial charge in [0.1, 0.15) is 0 Å². The molecule has 0 saturated heterocycles. The first-order valence-electron chi connectivity index (χ1n) is 7.17. The molecule has 3 aromatic rings. The van der Waals surface area contributed by atoms with Gasteiger partial charge in [-0.1, -0.05) is 17.7 Å². The number of nitro benzene ring substituents is 1. The Hall–Kier alpha value is -3.26. The molecular formula is C16H12ClN5O3. The van der Waals surface area contributed by atoms with Crippen molar-refractivity contribution in [2.45, 2.75) is 6.92 Å². The van der Waals surface area contributed by atoms with E-state index in [0.717, 1.165) is 5.56 Å². The van der Waals surface area contributed by atoms with E-state index in [0.29, 0.717) is 28.8 Å². The number of benzene rings is 2. The van der Waals surface area contributed by atoms with Crippen LogP contribution in [0.2, 0.25) is 5.15 Å². The number of aryl methyl sites for hydroxylation is 1. The Balaban J connectivity index is 2.03. The number of fused-ring (bicyclic) bond motifs is 1. The molecule has 1 heterocycles. The number of amides is 1. The highest BCUT2D eigenvalue weighted by molar-refractivity contribution is 6.32. The minimum Gasteiger partial charge on any atom is -0.336 e. The van der Waals surface area contributed by atoms with Crippen molar-refractivity contribution in [1.29, 1.82) is 0 Å². The van der Waals surface area contributed by atoms with E-state index in [4.69, 9.17) is 11.6 Å². The van der Waals surface area contributed by atoms with Crippen LogP contribution in [0.15, 0.2) is 36.4 Å². The van der Waals surface area contributed by atoms with E-state index in [1.165, 1.54) is 18.2 Å². The molecule has 3 rings (SSSR count). The summed E-state index contributed by atoms with van der Waals surface area (Å²) in [7, 11) is 0. The van der Waals surface area contributed by atoms with E-state index in [9.17, 15) is 14.9 Å². The van der Waals surface area contributed by atoms with Crippen molar-refractivity contribution in [3.05, 3.63) is 57.2 Å². The SMILES string of the molecule is Cc1ccc(NC=O)c(Nc2nc3ccc([N+](=O)[O-])cc3nc2Cl)c1. The van der Waals surface area contributed by atoms with Crippen LogP contribution in [0.25, 0.3) is 11.0 Å². The summed E-state index contributed by atoms with van der Waals surface area (Å²) in [6, 6.07) is 9.58. The van der Waals surface area contributed by atoms with Gasteiger partial charge in [-0.2, -0.15) is 0 Å². The van der Waals surface area contributed by atoms with Gasteiger partial charge < -0.3 is 10.6 Å². The van der Waals surface area contributed by atoms with Crippen molar-refractivity contribution < 1.29 is 9.72 Å². The molecule has 1 aromatic heterocycles. The fraction of sp³-hybridized carbons (Fsp3) is 0.0625. The molecule has 0 aliphatic carbocycles. The van der Waals surface area contributed by atoms with Gasteiger partial charge >= 0.3 is 0 Å². The van der Waals surface area contributed by atoms with E-state index in [1.54, 1.807) is 6.07 Å². The summed E-state index contributed by atoms with van der Waals surface area (Å²) in [4.78, 5) is 29.6. The molecule has 0 fully saturated rings. The maximum absolute atomic E-state index is 10.8. The summed E-state index contributed by atoms with van der Waals surface area (Å²) in [5.74, 6) is 0.280. The molecule has 0 aliphatic rings. The molecule has 0 spiro atoms. The molecule has 9 heteroatoms. The van der Waals surface area contributed by atoms with Crippen molar-refractivity contribution >= 4 is 51.9 Å². The average Bonchev–Trinajstić information content (AvgIpc) is 2.57. The Bertz CT molecular complexity index is 993. The van der Waals surface area contributed by atoms with Gasteiger partial charge in [-0.05, 0) is 30.7 Å². The zero-order valence-corrected chi connectivity index (χ0v) is 13.7. The average molecular weight is 358 g/mol. The lowest BCUT2D eigenvalue weighted by Crippen LogP contribution is -2.03. The number of hydrogen-bond acceptors (Lipinski definition) is 6.